The van der Waals surface area contributed by atoms with Gasteiger partial charge in [-0.15, -0.1) is 0 Å². The number of carbonyl (C=O) groups excluding carboxylic acids is 1. The molecule has 2 N–H and O–H groups in total. The number of ether oxygens (including phenoxy) is 1. The third-order valence-electron chi connectivity index (χ3n) is 4.17. The summed E-state index contributed by atoms with van der Waals surface area (Å²) < 4.78 is 4.64. The molecular weight excluding hydrogens is 266 g/mol. The monoisotopic (exact) mass is 289 g/mol. The standard InChI is InChI=1S/C16H23N3O2/c1-21-16(20)18-14-8-9-19(11-14)15-6-2-12(3-7-15)10-17-13-4-5-13/h2-3,6-7,13-14,17H,4-5,8-11H2,1H3,(H,18,20). The fourth-order valence-corrected chi connectivity index (χ4v) is 2.71. The summed E-state index contributed by atoms with van der Waals surface area (Å²) in [7, 11) is 1.40. The van der Waals surface area contributed by atoms with Crippen LogP contribution in [0.2, 0.25) is 0 Å². The first-order chi connectivity index (χ1) is 10.2. The van der Waals surface area contributed by atoms with Gasteiger partial charge in [-0.25, -0.2) is 4.79 Å². The summed E-state index contributed by atoms with van der Waals surface area (Å²) in [5.41, 5.74) is 2.55. The Morgan fingerprint density at radius 2 is 2.00 bits per heavy atom. The maximum absolute atomic E-state index is 11.2. The minimum atomic E-state index is -0.344. The van der Waals surface area contributed by atoms with Crippen LogP contribution in [0.1, 0.15) is 24.8 Å². The number of amides is 1. The summed E-state index contributed by atoms with van der Waals surface area (Å²) in [6.45, 7) is 2.76. The highest BCUT2D eigenvalue weighted by Gasteiger charge is 2.24. The van der Waals surface area contributed by atoms with Crippen LogP contribution in [0.5, 0.6) is 0 Å². The molecule has 0 spiro atoms. The van der Waals surface area contributed by atoms with Gasteiger partial charge < -0.3 is 20.3 Å². The predicted molar refractivity (Wildman–Crippen MR) is 82.5 cm³/mol. The molecule has 0 bridgehead atoms. The summed E-state index contributed by atoms with van der Waals surface area (Å²) >= 11 is 0. The molecule has 2 aliphatic rings. The van der Waals surface area contributed by atoms with Crippen molar-refractivity contribution in [2.24, 2.45) is 0 Å². The zero-order chi connectivity index (χ0) is 14.7. The summed E-state index contributed by atoms with van der Waals surface area (Å²) in [5.74, 6) is 0. The molecule has 1 saturated carbocycles. The van der Waals surface area contributed by atoms with Crippen LogP contribution in [0.3, 0.4) is 0 Å². The quantitative estimate of drug-likeness (QED) is 0.869. The second kappa shape index (κ2) is 6.35. The van der Waals surface area contributed by atoms with E-state index in [2.05, 4.69) is 44.5 Å². The molecule has 1 heterocycles. The van der Waals surface area contributed by atoms with Crippen LogP contribution >= 0.6 is 0 Å². The first kappa shape index (κ1) is 14.2. The van der Waals surface area contributed by atoms with Crippen molar-refractivity contribution < 1.29 is 9.53 Å². The first-order valence-corrected chi connectivity index (χ1v) is 7.66. The normalized spacial score (nSPS) is 21.4. The molecule has 0 radical (unpaired) electrons. The van der Waals surface area contributed by atoms with E-state index in [1.807, 2.05) is 0 Å². The number of rotatable bonds is 5. The third-order valence-corrected chi connectivity index (χ3v) is 4.17. The highest BCUT2D eigenvalue weighted by Crippen LogP contribution is 2.22. The zero-order valence-corrected chi connectivity index (χ0v) is 12.5. The Kier molecular flexibility index (Phi) is 4.29. The molecule has 1 atom stereocenters. The van der Waals surface area contributed by atoms with Crippen molar-refractivity contribution in [3.05, 3.63) is 29.8 Å². The molecule has 1 aromatic carbocycles. The fourth-order valence-electron chi connectivity index (χ4n) is 2.71. The van der Waals surface area contributed by atoms with E-state index >= 15 is 0 Å². The molecule has 1 aliphatic carbocycles. The summed E-state index contributed by atoms with van der Waals surface area (Å²) in [6, 6.07) is 9.63. The molecule has 5 heteroatoms. The smallest absolute Gasteiger partial charge is 0.407 e. The summed E-state index contributed by atoms with van der Waals surface area (Å²) in [6.07, 6.45) is 3.25. The maximum Gasteiger partial charge on any atom is 0.407 e. The predicted octanol–water partition coefficient (Wildman–Crippen LogP) is 1.87. The number of carbonyl (C=O) groups is 1. The lowest BCUT2D eigenvalue weighted by atomic mass is 10.2. The van der Waals surface area contributed by atoms with Crippen LogP contribution in [0.15, 0.2) is 24.3 Å². The number of hydrogen-bond acceptors (Lipinski definition) is 4. The average Bonchev–Trinajstić information content (AvgIpc) is 3.23. The van der Waals surface area contributed by atoms with E-state index in [-0.39, 0.29) is 12.1 Å². The van der Waals surface area contributed by atoms with Crippen molar-refractivity contribution in [2.75, 3.05) is 25.1 Å². The molecular formula is C16H23N3O2. The molecule has 3 rings (SSSR count). The summed E-state index contributed by atoms with van der Waals surface area (Å²) in [4.78, 5) is 13.5. The number of anilines is 1. The van der Waals surface area contributed by atoms with Gasteiger partial charge in [0.15, 0.2) is 0 Å². The maximum atomic E-state index is 11.2. The van der Waals surface area contributed by atoms with E-state index in [4.69, 9.17) is 0 Å². The Balaban J connectivity index is 1.51. The van der Waals surface area contributed by atoms with Crippen LogP contribution < -0.4 is 15.5 Å². The second-order valence-corrected chi connectivity index (χ2v) is 5.89. The number of nitrogens with zero attached hydrogens (tertiary/aromatic N) is 1. The highest BCUT2D eigenvalue weighted by molar-refractivity contribution is 5.67. The molecule has 114 valence electrons. The molecule has 1 saturated heterocycles. The summed E-state index contributed by atoms with van der Waals surface area (Å²) in [5, 5.41) is 6.39. The van der Waals surface area contributed by atoms with E-state index in [0.29, 0.717) is 0 Å². The zero-order valence-electron chi connectivity index (χ0n) is 12.5. The van der Waals surface area contributed by atoms with E-state index in [1.54, 1.807) is 0 Å². The number of alkyl carbamates (subject to hydrolysis) is 1. The van der Waals surface area contributed by atoms with Gasteiger partial charge in [-0.3, -0.25) is 0 Å². The Labute approximate surface area is 125 Å². The van der Waals surface area contributed by atoms with Crippen molar-refractivity contribution >= 4 is 11.8 Å². The molecule has 1 amide bonds. The van der Waals surface area contributed by atoms with Crippen LogP contribution in [-0.4, -0.2) is 38.4 Å². The first-order valence-electron chi connectivity index (χ1n) is 7.66. The van der Waals surface area contributed by atoms with Gasteiger partial charge in [0.1, 0.15) is 0 Å². The largest absolute Gasteiger partial charge is 0.453 e. The molecule has 5 nitrogen and oxygen atoms in total. The Morgan fingerprint density at radius 1 is 1.24 bits per heavy atom. The SMILES string of the molecule is COC(=O)NC1CCN(c2ccc(CNC3CC3)cc2)C1. The number of nitrogens with one attached hydrogen (secondary N) is 2. The van der Waals surface area contributed by atoms with Gasteiger partial charge >= 0.3 is 6.09 Å². The molecule has 21 heavy (non-hydrogen) atoms. The molecule has 0 aromatic heterocycles. The van der Waals surface area contributed by atoms with Crippen molar-refractivity contribution in [2.45, 2.75) is 37.9 Å². The fraction of sp³-hybridized carbons (Fsp3) is 0.562. The van der Waals surface area contributed by atoms with Crippen LogP contribution in [0.4, 0.5) is 10.5 Å². The minimum absolute atomic E-state index is 0.175. The molecule has 2 fully saturated rings. The van der Waals surface area contributed by atoms with Crippen molar-refractivity contribution in [1.29, 1.82) is 0 Å². The van der Waals surface area contributed by atoms with Crippen molar-refractivity contribution in [1.82, 2.24) is 10.6 Å². The van der Waals surface area contributed by atoms with Crippen LogP contribution in [0, 0.1) is 0 Å². The van der Waals surface area contributed by atoms with Gasteiger partial charge in [0, 0.05) is 31.4 Å². The Hall–Kier alpha value is -1.75. The van der Waals surface area contributed by atoms with Gasteiger partial charge in [-0.2, -0.15) is 0 Å². The van der Waals surface area contributed by atoms with Gasteiger partial charge in [0.25, 0.3) is 0 Å². The van der Waals surface area contributed by atoms with Crippen molar-refractivity contribution in [3.63, 3.8) is 0 Å². The minimum Gasteiger partial charge on any atom is -0.453 e. The highest BCUT2D eigenvalue weighted by atomic mass is 16.5. The van der Waals surface area contributed by atoms with Gasteiger partial charge in [-0.05, 0) is 37.0 Å². The van der Waals surface area contributed by atoms with E-state index in [0.717, 1.165) is 32.1 Å². The van der Waals surface area contributed by atoms with Crippen molar-refractivity contribution in [3.8, 4) is 0 Å². The van der Waals surface area contributed by atoms with Crippen LogP contribution in [-0.2, 0) is 11.3 Å². The lowest BCUT2D eigenvalue weighted by Crippen LogP contribution is -2.36. The molecule has 1 aromatic rings. The number of methoxy groups -OCH3 is 1. The third kappa shape index (κ3) is 3.88. The van der Waals surface area contributed by atoms with E-state index in [9.17, 15) is 4.79 Å². The van der Waals surface area contributed by atoms with Crippen LogP contribution in [0.25, 0.3) is 0 Å². The van der Waals surface area contributed by atoms with E-state index in [1.165, 1.54) is 31.2 Å². The Bertz CT molecular complexity index is 485. The van der Waals surface area contributed by atoms with Gasteiger partial charge in [0.05, 0.1) is 13.2 Å². The van der Waals surface area contributed by atoms with Gasteiger partial charge in [0.2, 0.25) is 0 Å². The molecule has 1 unspecified atom stereocenters. The van der Waals surface area contributed by atoms with E-state index < -0.39 is 0 Å². The van der Waals surface area contributed by atoms with Gasteiger partial charge in [-0.1, -0.05) is 12.1 Å². The lowest BCUT2D eigenvalue weighted by molar-refractivity contribution is 0.167. The number of benzene rings is 1. The topological polar surface area (TPSA) is 53.6 Å². The molecule has 1 aliphatic heterocycles. The lowest BCUT2D eigenvalue weighted by Gasteiger charge is -2.19. The average molecular weight is 289 g/mol. The number of hydrogen-bond donors (Lipinski definition) is 2. The second-order valence-electron chi connectivity index (χ2n) is 5.89. The Morgan fingerprint density at radius 3 is 2.67 bits per heavy atom.